The molecule has 104 valence electrons. The van der Waals surface area contributed by atoms with Crippen molar-refractivity contribution in [2.45, 2.75) is 19.8 Å². The van der Waals surface area contributed by atoms with Crippen molar-refractivity contribution in [2.24, 2.45) is 5.92 Å². The third kappa shape index (κ3) is 5.30. The van der Waals surface area contributed by atoms with Crippen LogP contribution in [0.1, 0.15) is 30.1 Å². The lowest BCUT2D eigenvalue weighted by molar-refractivity contribution is -0.141. The lowest BCUT2D eigenvalue weighted by Gasteiger charge is -2.08. The third-order valence-electron chi connectivity index (χ3n) is 2.70. The molecule has 19 heavy (non-hydrogen) atoms. The molecule has 1 amide bonds. The number of aliphatic carboxylic acids is 1. The minimum Gasteiger partial charge on any atom is -0.481 e. The summed E-state index contributed by atoms with van der Waals surface area (Å²) < 4.78 is 0.747. The summed E-state index contributed by atoms with van der Waals surface area (Å²) in [5.41, 5.74) is 6.65. The largest absolute Gasteiger partial charge is 0.481 e. The number of hydrogen-bond acceptors (Lipinski definition) is 3. The van der Waals surface area contributed by atoms with E-state index >= 15 is 0 Å². The molecular formula is C13H17BrN2O3. The maximum Gasteiger partial charge on any atom is 0.306 e. The predicted octanol–water partition coefficient (Wildman–Crippen LogP) is 2.26. The highest BCUT2D eigenvalue weighted by Gasteiger charge is 2.11. The summed E-state index contributed by atoms with van der Waals surface area (Å²) >= 11 is 3.27. The van der Waals surface area contributed by atoms with Crippen molar-refractivity contribution in [1.29, 1.82) is 0 Å². The van der Waals surface area contributed by atoms with Crippen LogP contribution in [0, 0.1) is 5.92 Å². The number of carboxylic acids is 1. The summed E-state index contributed by atoms with van der Waals surface area (Å²) in [5, 5.41) is 11.5. The van der Waals surface area contributed by atoms with Crippen LogP contribution in [-0.4, -0.2) is 23.5 Å². The number of halogens is 1. The predicted molar refractivity (Wildman–Crippen MR) is 76.9 cm³/mol. The topological polar surface area (TPSA) is 92.4 Å². The Kier molecular flexibility index (Phi) is 5.82. The third-order valence-corrected chi connectivity index (χ3v) is 3.16. The number of nitrogen functional groups attached to an aromatic ring is 1. The number of benzene rings is 1. The molecule has 5 nitrogen and oxygen atoms in total. The number of carbonyl (C=O) groups excluding carboxylic acids is 1. The normalized spacial score (nSPS) is 11.9. The van der Waals surface area contributed by atoms with Gasteiger partial charge in [-0.25, -0.2) is 0 Å². The number of hydrogen-bond donors (Lipinski definition) is 3. The Balaban J connectivity index is 2.41. The molecular weight excluding hydrogens is 312 g/mol. The molecule has 0 fully saturated rings. The molecule has 0 aromatic heterocycles. The molecule has 0 aliphatic carbocycles. The highest BCUT2D eigenvalue weighted by molar-refractivity contribution is 9.10. The van der Waals surface area contributed by atoms with E-state index < -0.39 is 11.9 Å². The Hall–Kier alpha value is -1.56. The second-order valence-corrected chi connectivity index (χ2v) is 5.33. The molecule has 1 aromatic carbocycles. The molecule has 0 aliphatic rings. The summed E-state index contributed by atoms with van der Waals surface area (Å²) in [6, 6.07) is 5.00. The molecule has 4 N–H and O–H groups in total. The summed E-state index contributed by atoms with van der Waals surface area (Å²) in [7, 11) is 0. The fourth-order valence-electron chi connectivity index (χ4n) is 1.58. The molecule has 0 saturated heterocycles. The van der Waals surface area contributed by atoms with Crippen LogP contribution in [0.25, 0.3) is 0 Å². The molecule has 0 heterocycles. The molecule has 1 rings (SSSR count). The first-order chi connectivity index (χ1) is 8.90. The fraction of sp³-hybridized carbons (Fsp3) is 0.385. The fourth-order valence-corrected chi connectivity index (χ4v) is 2.09. The SMILES string of the molecule is CC(CCCNC(=O)c1cc(N)cc(Br)c1)C(=O)O. The van der Waals surface area contributed by atoms with Crippen LogP contribution in [0.15, 0.2) is 22.7 Å². The molecule has 0 saturated carbocycles. The van der Waals surface area contributed by atoms with Crippen molar-refractivity contribution in [1.82, 2.24) is 5.32 Å². The number of carboxylic acid groups (broad SMARTS) is 1. The maximum atomic E-state index is 11.8. The van der Waals surface area contributed by atoms with Gasteiger partial charge in [0.15, 0.2) is 0 Å². The molecule has 6 heteroatoms. The zero-order valence-corrected chi connectivity index (χ0v) is 12.2. The Morgan fingerprint density at radius 2 is 2.11 bits per heavy atom. The zero-order valence-electron chi connectivity index (χ0n) is 10.6. The number of anilines is 1. The minimum atomic E-state index is -0.814. The van der Waals surface area contributed by atoms with E-state index in [1.54, 1.807) is 25.1 Å². The standard InChI is InChI=1S/C13H17BrN2O3/c1-8(13(18)19)3-2-4-16-12(17)9-5-10(14)7-11(15)6-9/h5-8H,2-4,15H2,1H3,(H,16,17)(H,18,19). The number of nitrogens with one attached hydrogen (secondary N) is 1. The van der Waals surface area contributed by atoms with E-state index in [9.17, 15) is 9.59 Å². The van der Waals surface area contributed by atoms with E-state index in [1.807, 2.05) is 0 Å². The lowest BCUT2D eigenvalue weighted by atomic mass is 10.1. The highest BCUT2D eigenvalue weighted by Crippen LogP contribution is 2.17. The van der Waals surface area contributed by atoms with Gasteiger partial charge in [0.2, 0.25) is 0 Å². The Labute approximate surface area is 120 Å². The second kappa shape index (κ2) is 7.13. The van der Waals surface area contributed by atoms with Crippen LogP contribution in [0.5, 0.6) is 0 Å². The monoisotopic (exact) mass is 328 g/mol. The van der Waals surface area contributed by atoms with Crippen molar-refractivity contribution in [2.75, 3.05) is 12.3 Å². The molecule has 1 aromatic rings. The van der Waals surface area contributed by atoms with E-state index in [1.165, 1.54) is 0 Å². The van der Waals surface area contributed by atoms with Gasteiger partial charge in [-0.3, -0.25) is 9.59 Å². The average Bonchev–Trinajstić information content (AvgIpc) is 2.32. The molecule has 1 unspecified atom stereocenters. The van der Waals surface area contributed by atoms with Gasteiger partial charge in [0.1, 0.15) is 0 Å². The first-order valence-corrected chi connectivity index (χ1v) is 6.76. The number of nitrogens with two attached hydrogens (primary N) is 1. The first kappa shape index (κ1) is 15.5. The van der Waals surface area contributed by atoms with Crippen LogP contribution >= 0.6 is 15.9 Å². The molecule has 0 radical (unpaired) electrons. The average molecular weight is 329 g/mol. The van der Waals surface area contributed by atoms with Crippen LogP contribution in [0.4, 0.5) is 5.69 Å². The van der Waals surface area contributed by atoms with Crippen LogP contribution in [-0.2, 0) is 4.79 Å². The maximum absolute atomic E-state index is 11.8. The smallest absolute Gasteiger partial charge is 0.306 e. The van der Waals surface area contributed by atoms with E-state index in [0.717, 1.165) is 4.47 Å². The van der Waals surface area contributed by atoms with Crippen LogP contribution < -0.4 is 11.1 Å². The summed E-state index contributed by atoms with van der Waals surface area (Å²) in [6.45, 7) is 2.10. The van der Waals surface area contributed by atoms with Crippen molar-refractivity contribution in [3.63, 3.8) is 0 Å². The van der Waals surface area contributed by atoms with Crippen LogP contribution in [0.2, 0.25) is 0 Å². The van der Waals surface area contributed by atoms with Crippen molar-refractivity contribution in [3.8, 4) is 0 Å². The van der Waals surface area contributed by atoms with Gasteiger partial charge in [0.05, 0.1) is 5.92 Å². The van der Waals surface area contributed by atoms with E-state index in [0.29, 0.717) is 30.6 Å². The molecule has 0 spiro atoms. The lowest BCUT2D eigenvalue weighted by Crippen LogP contribution is -2.25. The second-order valence-electron chi connectivity index (χ2n) is 4.41. The van der Waals surface area contributed by atoms with E-state index in [4.69, 9.17) is 10.8 Å². The van der Waals surface area contributed by atoms with Crippen LogP contribution in [0.3, 0.4) is 0 Å². The number of amides is 1. The van der Waals surface area contributed by atoms with Gasteiger partial charge < -0.3 is 16.2 Å². The number of rotatable bonds is 6. The summed E-state index contributed by atoms with van der Waals surface area (Å²) in [4.78, 5) is 22.4. The van der Waals surface area contributed by atoms with E-state index in [-0.39, 0.29) is 5.91 Å². The van der Waals surface area contributed by atoms with Gasteiger partial charge in [0, 0.05) is 22.3 Å². The number of carbonyl (C=O) groups is 2. The molecule has 0 aliphatic heterocycles. The van der Waals surface area contributed by atoms with Gasteiger partial charge in [0.25, 0.3) is 5.91 Å². The van der Waals surface area contributed by atoms with E-state index in [2.05, 4.69) is 21.2 Å². The zero-order chi connectivity index (χ0) is 14.4. The Morgan fingerprint density at radius 3 is 2.68 bits per heavy atom. The van der Waals surface area contributed by atoms with Crippen molar-refractivity contribution >= 4 is 33.5 Å². The van der Waals surface area contributed by atoms with Gasteiger partial charge in [-0.1, -0.05) is 22.9 Å². The first-order valence-electron chi connectivity index (χ1n) is 5.97. The minimum absolute atomic E-state index is 0.212. The Morgan fingerprint density at radius 1 is 1.42 bits per heavy atom. The van der Waals surface area contributed by atoms with Crippen molar-refractivity contribution in [3.05, 3.63) is 28.2 Å². The van der Waals surface area contributed by atoms with Gasteiger partial charge in [-0.15, -0.1) is 0 Å². The summed E-state index contributed by atoms with van der Waals surface area (Å²) in [6.07, 6.45) is 1.17. The van der Waals surface area contributed by atoms with Crippen molar-refractivity contribution < 1.29 is 14.7 Å². The summed E-state index contributed by atoms with van der Waals surface area (Å²) in [5.74, 6) is -1.42. The van der Waals surface area contributed by atoms with Gasteiger partial charge in [-0.2, -0.15) is 0 Å². The van der Waals surface area contributed by atoms with Gasteiger partial charge >= 0.3 is 5.97 Å². The Bertz CT molecular complexity index is 457. The van der Waals surface area contributed by atoms with Gasteiger partial charge in [-0.05, 0) is 31.0 Å². The molecule has 0 bridgehead atoms. The highest BCUT2D eigenvalue weighted by atomic mass is 79.9. The molecule has 1 atom stereocenters. The quantitative estimate of drug-likeness (QED) is 0.551.